The number of hydrogen-bond acceptors (Lipinski definition) is 2. The lowest BCUT2D eigenvalue weighted by Gasteiger charge is -2.23. The number of rotatable bonds is 5. The molecular formula is C13H18O2S. The van der Waals surface area contributed by atoms with Crippen LogP contribution in [0.4, 0.5) is 0 Å². The minimum Gasteiger partial charge on any atom is -0.480 e. The largest absolute Gasteiger partial charge is 0.480 e. The van der Waals surface area contributed by atoms with Gasteiger partial charge in [0, 0.05) is 4.90 Å². The first-order valence-electron chi connectivity index (χ1n) is 5.47. The molecule has 0 radical (unpaired) electrons. The Kier molecular flexibility index (Phi) is 4.42. The maximum atomic E-state index is 11.3. The zero-order valence-corrected chi connectivity index (χ0v) is 10.8. The number of carboxylic acid groups (broad SMARTS) is 1. The first-order chi connectivity index (χ1) is 7.48. The summed E-state index contributed by atoms with van der Waals surface area (Å²) in [5, 5.41) is 9.26. The Hall–Kier alpha value is -0.960. The molecule has 1 atom stereocenters. The van der Waals surface area contributed by atoms with Crippen LogP contribution in [0.2, 0.25) is 0 Å². The van der Waals surface area contributed by atoms with E-state index in [-0.39, 0.29) is 0 Å². The Morgan fingerprint density at radius 2 is 1.94 bits per heavy atom. The molecule has 3 heteroatoms. The van der Waals surface area contributed by atoms with E-state index in [4.69, 9.17) is 0 Å². The van der Waals surface area contributed by atoms with Gasteiger partial charge in [0.25, 0.3) is 0 Å². The van der Waals surface area contributed by atoms with E-state index in [9.17, 15) is 9.90 Å². The zero-order valence-electron chi connectivity index (χ0n) is 9.99. The van der Waals surface area contributed by atoms with E-state index in [0.717, 1.165) is 11.3 Å². The molecule has 1 aromatic rings. The standard InChI is InChI=1S/C13H18O2S/c1-4-9-13(3,12(14)15)16-11-7-5-10(2)6-8-11/h5-8H,4,9H2,1-3H3,(H,14,15). The molecule has 0 bridgehead atoms. The van der Waals surface area contributed by atoms with Crippen molar-refractivity contribution >= 4 is 17.7 Å². The summed E-state index contributed by atoms with van der Waals surface area (Å²) in [6.45, 7) is 5.83. The highest BCUT2D eigenvalue weighted by Gasteiger charge is 2.33. The quantitative estimate of drug-likeness (QED) is 0.794. The second-order valence-electron chi connectivity index (χ2n) is 4.20. The Bertz CT molecular complexity index is 359. The highest BCUT2D eigenvalue weighted by Crippen LogP contribution is 2.36. The summed E-state index contributed by atoms with van der Waals surface area (Å²) < 4.78 is -0.718. The molecule has 0 spiro atoms. The maximum Gasteiger partial charge on any atom is 0.319 e. The minimum absolute atomic E-state index is 0.681. The van der Waals surface area contributed by atoms with Crippen LogP contribution in [0.15, 0.2) is 29.2 Å². The Labute approximate surface area is 101 Å². The highest BCUT2D eigenvalue weighted by atomic mass is 32.2. The molecular weight excluding hydrogens is 220 g/mol. The normalized spacial score (nSPS) is 14.4. The van der Waals surface area contributed by atoms with Crippen LogP contribution in [0.1, 0.15) is 32.3 Å². The van der Waals surface area contributed by atoms with Gasteiger partial charge in [-0.05, 0) is 32.4 Å². The van der Waals surface area contributed by atoms with Crippen LogP contribution in [0.5, 0.6) is 0 Å². The summed E-state index contributed by atoms with van der Waals surface area (Å²) in [7, 11) is 0. The molecule has 0 aromatic heterocycles. The second-order valence-corrected chi connectivity index (χ2v) is 5.78. The molecule has 1 rings (SSSR count). The minimum atomic E-state index is -0.736. The molecule has 0 aliphatic rings. The topological polar surface area (TPSA) is 37.3 Å². The Morgan fingerprint density at radius 3 is 2.38 bits per heavy atom. The van der Waals surface area contributed by atoms with Crippen LogP contribution in [-0.4, -0.2) is 15.8 Å². The van der Waals surface area contributed by atoms with Gasteiger partial charge in [-0.1, -0.05) is 31.0 Å². The molecule has 1 N–H and O–H groups in total. The van der Waals surface area contributed by atoms with E-state index in [1.807, 2.05) is 38.1 Å². The number of aliphatic carboxylic acids is 1. The molecule has 1 aromatic carbocycles. The smallest absolute Gasteiger partial charge is 0.319 e. The fraction of sp³-hybridized carbons (Fsp3) is 0.462. The lowest BCUT2D eigenvalue weighted by Crippen LogP contribution is -2.30. The molecule has 0 aliphatic heterocycles. The van der Waals surface area contributed by atoms with Crippen LogP contribution >= 0.6 is 11.8 Å². The lowest BCUT2D eigenvalue weighted by atomic mass is 10.1. The summed E-state index contributed by atoms with van der Waals surface area (Å²) >= 11 is 1.43. The Balaban J connectivity index is 2.83. The van der Waals surface area contributed by atoms with Crippen molar-refractivity contribution in [1.82, 2.24) is 0 Å². The number of carbonyl (C=O) groups is 1. The van der Waals surface area contributed by atoms with E-state index in [0.29, 0.717) is 6.42 Å². The summed E-state index contributed by atoms with van der Waals surface area (Å²) in [5.74, 6) is -0.736. The highest BCUT2D eigenvalue weighted by molar-refractivity contribution is 8.01. The summed E-state index contributed by atoms with van der Waals surface area (Å²) in [6, 6.07) is 7.99. The predicted molar refractivity (Wildman–Crippen MR) is 68.0 cm³/mol. The van der Waals surface area contributed by atoms with Crippen LogP contribution in [0.3, 0.4) is 0 Å². The van der Waals surface area contributed by atoms with Crippen molar-refractivity contribution in [1.29, 1.82) is 0 Å². The summed E-state index contributed by atoms with van der Waals surface area (Å²) in [6.07, 6.45) is 1.56. The third-order valence-corrected chi connectivity index (χ3v) is 3.88. The molecule has 0 heterocycles. The first kappa shape index (κ1) is 13.1. The molecule has 0 fully saturated rings. The van der Waals surface area contributed by atoms with Gasteiger partial charge in [-0.15, -0.1) is 11.8 Å². The summed E-state index contributed by atoms with van der Waals surface area (Å²) in [5.41, 5.74) is 1.19. The van der Waals surface area contributed by atoms with Crippen molar-refractivity contribution in [3.63, 3.8) is 0 Å². The van der Waals surface area contributed by atoms with E-state index in [2.05, 4.69) is 0 Å². The molecule has 0 amide bonds. The number of thioether (sulfide) groups is 1. The molecule has 16 heavy (non-hydrogen) atoms. The molecule has 0 aliphatic carbocycles. The molecule has 0 saturated heterocycles. The van der Waals surface area contributed by atoms with Gasteiger partial charge >= 0.3 is 5.97 Å². The number of hydrogen-bond donors (Lipinski definition) is 1. The third-order valence-electron chi connectivity index (χ3n) is 2.54. The van der Waals surface area contributed by atoms with Crippen molar-refractivity contribution in [2.75, 3.05) is 0 Å². The van der Waals surface area contributed by atoms with E-state index >= 15 is 0 Å². The van der Waals surface area contributed by atoms with Gasteiger partial charge in [0.15, 0.2) is 0 Å². The average Bonchev–Trinajstić information content (AvgIpc) is 2.22. The molecule has 88 valence electrons. The van der Waals surface area contributed by atoms with Crippen LogP contribution in [0, 0.1) is 6.92 Å². The van der Waals surface area contributed by atoms with E-state index in [1.165, 1.54) is 17.3 Å². The number of carboxylic acids is 1. The van der Waals surface area contributed by atoms with Crippen molar-refractivity contribution in [3.05, 3.63) is 29.8 Å². The third kappa shape index (κ3) is 3.27. The average molecular weight is 238 g/mol. The number of aryl methyl sites for hydroxylation is 1. The molecule has 0 saturated carbocycles. The fourth-order valence-corrected chi connectivity index (χ4v) is 2.73. The van der Waals surface area contributed by atoms with Gasteiger partial charge < -0.3 is 5.11 Å². The van der Waals surface area contributed by atoms with E-state index in [1.54, 1.807) is 6.92 Å². The summed E-state index contributed by atoms with van der Waals surface area (Å²) in [4.78, 5) is 12.3. The lowest BCUT2D eigenvalue weighted by molar-refractivity contribution is -0.139. The Morgan fingerprint density at radius 1 is 1.38 bits per heavy atom. The van der Waals surface area contributed by atoms with Crippen LogP contribution in [-0.2, 0) is 4.79 Å². The van der Waals surface area contributed by atoms with Gasteiger partial charge in [0.05, 0.1) is 0 Å². The van der Waals surface area contributed by atoms with Crippen LogP contribution in [0.25, 0.3) is 0 Å². The fourth-order valence-electron chi connectivity index (χ4n) is 1.55. The van der Waals surface area contributed by atoms with Crippen molar-refractivity contribution in [2.45, 2.75) is 43.3 Å². The molecule has 2 nitrogen and oxygen atoms in total. The van der Waals surface area contributed by atoms with Crippen molar-refractivity contribution in [3.8, 4) is 0 Å². The SMILES string of the molecule is CCCC(C)(Sc1ccc(C)cc1)C(=O)O. The predicted octanol–water partition coefficient (Wildman–Crippen LogP) is 3.73. The second kappa shape index (κ2) is 5.39. The van der Waals surface area contributed by atoms with Gasteiger partial charge in [0.2, 0.25) is 0 Å². The monoisotopic (exact) mass is 238 g/mol. The number of benzene rings is 1. The zero-order chi connectivity index (χ0) is 12.2. The van der Waals surface area contributed by atoms with E-state index < -0.39 is 10.7 Å². The van der Waals surface area contributed by atoms with Crippen molar-refractivity contribution in [2.24, 2.45) is 0 Å². The molecule has 1 unspecified atom stereocenters. The van der Waals surface area contributed by atoms with Gasteiger partial charge in [-0.3, -0.25) is 4.79 Å². The van der Waals surface area contributed by atoms with Gasteiger partial charge in [-0.25, -0.2) is 0 Å². The van der Waals surface area contributed by atoms with Gasteiger partial charge in [0.1, 0.15) is 4.75 Å². The maximum absolute atomic E-state index is 11.3. The van der Waals surface area contributed by atoms with Crippen molar-refractivity contribution < 1.29 is 9.90 Å². The van der Waals surface area contributed by atoms with Crippen LogP contribution < -0.4 is 0 Å². The van der Waals surface area contributed by atoms with Gasteiger partial charge in [-0.2, -0.15) is 0 Å². The first-order valence-corrected chi connectivity index (χ1v) is 6.28.